The molecule has 4 nitrogen and oxygen atoms in total. The molecule has 1 aromatic rings. The second-order valence-corrected chi connectivity index (χ2v) is 4.86. The predicted octanol–water partition coefficient (Wildman–Crippen LogP) is 2.62. The fourth-order valence-corrected chi connectivity index (χ4v) is 2.54. The third-order valence-corrected chi connectivity index (χ3v) is 3.62. The molecule has 0 spiro atoms. The zero-order chi connectivity index (χ0) is 13.0. The zero-order valence-corrected chi connectivity index (χ0v) is 11.1. The van der Waals surface area contributed by atoms with E-state index in [1.54, 1.807) is 0 Å². The molecule has 0 unspecified atom stereocenters. The first-order chi connectivity index (χ1) is 8.70. The summed E-state index contributed by atoms with van der Waals surface area (Å²) in [5, 5.41) is 0. The molecule has 98 valence electrons. The van der Waals surface area contributed by atoms with Crippen LogP contribution in [0.15, 0.2) is 12.4 Å². The van der Waals surface area contributed by atoms with Gasteiger partial charge in [-0.05, 0) is 51.0 Å². The zero-order valence-electron chi connectivity index (χ0n) is 11.1. The van der Waals surface area contributed by atoms with Crippen molar-refractivity contribution < 1.29 is 9.53 Å². The van der Waals surface area contributed by atoms with Gasteiger partial charge < -0.3 is 4.74 Å². The van der Waals surface area contributed by atoms with Crippen LogP contribution >= 0.6 is 0 Å². The summed E-state index contributed by atoms with van der Waals surface area (Å²) in [6.45, 7) is 4.22. The van der Waals surface area contributed by atoms with Gasteiger partial charge in [-0.1, -0.05) is 0 Å². The maximum absolute atomic E-state index is 11.6. The van der Waals surface area contributed by atoms with E-state index < -0.39 is 0 Å². The topological polar surface area (TPSA) is 52.1 Å². The summed E-state index contributed by atoms with van der Waals surface area (Å²) in [5.74, 6) is 1.36. The summed E-state index contributed by atoms with van der Waals surface area (Å²) in [6, 6.07) is 0. The Hall–Kier alpha value is -1.45. The number of nitrogens with zero attached hydrogens (tertiary/aromatic N) is 2. The normalized spacial score (nSPS) is 23.7. The SMILES string of the molecule is CCOC(=O)C1CCC(c2cnc(C)nc2)CC1. The molecule has 1 aromatic heterocycles. The van der Waals surface area contributed by atoms with Crippen molar-refractivity contribution in [2.24, 2.45) is 5.92 Å². The number of aromatic nitrogens is 2. The summed E-state index contributed by atoms with van der Waals surface area (Å²) >= 11 is 0. The fraction of sp³-hybridized carbons (Fsp3) is 0.643. The van der Waals surface area contributed by atoms with Crippen molar-refractivity contribution in [3.63, 3.8) is 0 Å². The predicted molar refractivity (Wildman–Crippen MR) is 68.1 cm³/mol. The fourth-order valence-electron chi connectivity index (χ4n) is 2.54. The van der Waals surface area contributed by atoms with Crippen LogP contribution < -0.4 is 0 Å². The Morgan fingerprint density at radius 3 is 2.44 bits per heavy atom. The number of rotatable bonds is 3. The van der Waals surface area contributed by atoms with Gasteiger partial charge in [-0.2, -0.15) is 0 Å². The average molecular weight is 248 g/mol. The van der Waals surface area contributed by atoms with Gasteiger partial charge in [-0.3, -0.25) is 4.79 Å². The lowest BCUT2D eigenvalue weighted by molar-refractivity contribution is -0.149. The van der Waals surface area contributed by atoms with E-state index in [1.807, 2.05) is 26.2 Å². The van der Waals surface area contributed by atoms with E-state index in [0.29, 0.717) is 12.5 Å². The largest absolute Gasteiger partial charge is 0.466 e. The second kappa shape index (κ2) is 5.94. The first-order valence-corrected chi connectivity index (χ1v) is 6.66. The van der Waals surface area contributed by atoms with Gasteiger partial charge in [0.25, 0.3) is 0 Å². The van der Waals surface area contributed by atoms with Crippen LogP contribution in [0.1, 0.15) is 49.9 Å². The van der Waals surface area contributed by atoms with Crippen LogP contribution in [0.3, 0.4) is 0 Å². The van der Waals surface area contributed by atoms with Crippen molar-refractivity contribution in [2.75, 3.05) is 6.61 Å². The standard InChI is InChI=1S/C14H20N2O2/c1-3-18-14(17)12-6-4-11(5-7-12)13-8-15-10(2)16-9-13/h8-9,11-12H,3-7H2,1-2H3. The first-order valence-electron chi connectivity index (χ1n) is 6.66. The minimum Gasteiger partial charge on any atom is -0.466 e. The quantitative estimate of drug-likeness (QED) is 0.772. The van der Waals surface area contributed by atoms with E-state index in [2.05, 4.69) is 9.97 Å². The van der Waals surface area contributed by atoms with Crippen LogP contribution in [0.2, 0.25) is 0 Å². The summed E-state index contributed by atoms with van der Waals surface area (Å²) in [7, 11) is 0. The van der Waals surface area contributed by atoms with Crippen LogP contribution in [0.5, 0.6) is 0 Å². The van der Waals surface area contributed by atoms with Crippen LogP contribution in [0.25, 0.3) is 0 Å². The summed E-state index contributed by atoms with van der Waals surface area (Å²) in [5.41, 5.74) is 1.20. The minimum absolute atomic E-state index is 0.0314. The third kappa shape index (κ3) is 3.06. The molecule has 0 saturated heterocycles. The van der Waals surface area contributed by atoms with E-state index in [0.717, 1.165) is 31.5 Å². The average Bonchev–Trinajstić information content (AvgIpc) is 2.40. The molecule has 0 aliphatic heterocycles. The molecule has 0 bridgehead atoms. The molecular formula is C14H20N2O2. The van der Waals surface area contributed by atoms with Crippen molar-refractivity contribution in [3.8, 4) is 0 Å². The van der Waals surface area contributed by atoms with Gasteiger partial charge in [0.1, 0.15) is 5.82 Å². The maximum Gasteiger partial charge on any atom is 0.308 e. The number of carbonyl (C=O) groups excluding carboxylic acids is 1. The van der Waals surface area contributed by atoms with Crippen LogP contribution in [-0.4, -0.2) is 22.5 Å². The Labute approximate surface area is 108 Å². The van der Waals surface area contributed by atoms with E-state index >= 15 is 0 Å². The van der Waals surface area contributed by atoms with Crippen LogP contribution in [-0.2, 0) is 9.53 Å². The highest BCUT2D eigenvalue weighted by atomic mass is 16.5. The number of hydrogen-bond acceptors (Lipinski definition) is 4. The highest BCUT2D eigenvalue weighted by molar-refractivity contribution is 5.72. The molecule has 0 N–H and O–H groups in total. The van der Waals surface area contributed by atoms with Crippen LogP contribution in [0.4, 0.5) is 0 Å². The van der Waals surface area contributed by atoms with Gasteiger partial charge in [0, 0.05) is 12.4 Å². The van der Waals surface area contributed by atoms with Crippen molar-refractivity contribution in [3.05, 3.63) is 23.8 Å². The third-order valence-electron chi connectivity index (χ3n) is 3.62. The molecular weight excluding hydrogens is 228 g/mol. The van der Waals surface area contributed by atoms with E-state index in [-0.39, 0.29) is 11.9 Å². The van der Waals surface area contributed by atoms with E-state index in [4.69, 9.17) is 4.74 Å². The van der Waals surface area contributed by atoms with Crippen molar-refractivity contribution in [1.29, 1.82) is 0 Å². The van der Waals surface area contributed by atoms with Gasteiger partial charge in [0.05, 0.1) is 12.5 Å². The van der Waals surface area contributed by atoms with Crippen molar-refractivity contribution >= 4 is 5.97 Å². The lowest BCUT2D eigenvalue weighted by atomic mass is 9.79. The van der Waals surface area contributed by atoms with Crippen LogP contribution in [0, 0.1) is 12.8 Å². The Balaban J connectivity index is 1.90. The molecule has 4 heteroatoms. The molecule has 18 heavy (non-hydrogen) atoms. The summed E-state index contributed by atoms with van der Waals surface area (Å²) in [6.07, 6.45) is 7.70. The smallest absolute Gasteiger partial charge is 0.308 e. The molecule has 1 aliphatic carbocycles. The molecule has 2 rings (SSSR count). The summed E-state index contributed by atoms with van der Waals surface area (Å²) in [4.78, 5) is 20.1. The molecule has 1 fully saturated rings. The van der Waals surface area contributed by atoms with E-state index in [9.17, 15) is 4.79 Å². The number of carbonyl (C=O) groups is 1. The Morgan fingerprint density at radius 2 is 1.89 bits per heavy atom. The number of ether oxygens (including phenoxy) is 1. The molecule has 1 heterocycles. The van der Waals surface area contributed by atoms with Gasteiger partial charge in [0.15, 0.2) is 0 Å². The molecule has 1 aliphatic rings. The van der Waals surface area contributed by atoms with Gasteiger partial charge in [-0.15, -0.1) is 0 Å². The first kappa shape index (κ1) is 13.0. The lowest BCUT2D eigenvalue weighted by Crippen LogP contribution is -2.23. The number of aryl methyl sites for hydroxylation is 1. The lowest BCUT2D eigenvalue weighted by Gasteiger charge is -2.27. The van der Waals surface area contributed by atoms with Gasteiger partial charge in [-0.25, -0.2) is 9.97 Å². The minimum atomic E-state index is -0.0314. The van der Waals surface area contributed by atoms with Crippen molar-refractivity contribution in [1.82, 2.24) is 9.97 Å². The second-order valence-electron chi connectivity index (χ2n) is 4.86. The van der Waals surface area contributed by atoms with E-state index in [1.165, 1.54) is 5.56 Å². The highest BCUT2D eigenvalue weighted by Gasteiger charge is 2.28. The van der Waals surface area contributed by atoms with Crippen molar-refractivity contribution in [2.45, 2.75) is 45.4 Å². The monoisotopic (exact) mass is 248 g/mol. The molecule has 0 amide bonds. The Kier molecular flexibility index (Phi) is 4.28. The maximum atomic E-state index is 11.6. The summed E-state index contributed by atoms with van der Waals surface area (Å²) < 4.78 is 5.07. The molecule has 1 saturated carbocycles. The van der Waals surface area contributed by atoms with Gasteiger partial charge in [0.2, 0.25) is 0 Å². The highest BCUT2D eigenvalue weighted by Crippen LogP contribution is 2.35. The molecule has 0 aromatic carbocycles. The molecule has 0 radical (unpaired) electrons. The van der Waals surface area contributed by atoms with Gasteiger partial charge >= 0.3 is 5.97 Å². The Morgan fingerprint density at radius 1 is 1.28 bits per heavy atom. The Bertz CT molecular complexity index is 395. The molecule has 0 atom stereocenters. The number of hydrogen-bond donors (Lipinski definition) is 0. The number of esters is 1.